The van der Waals surface area contributed by atoms with Crippen LogP contribution in [0.25, 0.3) is 77.2 Å². The Balaban J connectivity index is 1.40. The zero-order valence-corrected chi connectivity index (χ0v) is 25.8. The summed E-state index contributed by atoms with van der Waals surface area (Å²) < 4.78 is 4.62. The highest BCUT2D eigenvalue weighted by atomic mass is 15.0. The van der Waals surface area contributed by atoms with Crippen LogP contribution in [0.4, 0.5) is 0 Å². The van der Waals surface area contributed by atoms with Crippen LogP contribution in [0.2, 0.25) is 0 Å². The number of para-hydroxylation sites is 4. The van der Waals surface area contributed by atoms with Crippen molar-refractivity contribution in [3.63, 3.8) is 0 Å². The lowest BCUT2D eigenvalue weighted by Gasteiger charge is -2.17. The second kappa shape index (κ2) is 10.9. The zero-order valence-electron chi connectivity index (χ0n) is 25.8. The third-order valence-corrected chi connectivity index (χ3v) is 9.37. The topological polar surface area (TPSA) is 57.4 Å². The van der Waals surface area contributed by atoms with Gasteiger partial charge in [-0.3, -0.25) is 0 Å². The molecule has 0 saturated heterocycles. The Hall–Kier alpha value is -6.88. The van der Waals surface area contributed by atoms with Gasteiger partial charge in [0.1, 0.15) is 0 Å². The van der Waals surface area contributed by atoms with E-state index in [0.29, 0.717) is 11.1 Å². The summed E-state index contributed by atoms with van der Waals surface area (Å²) in [5, 5.41) is 24.1. The van der Waals surface area contributed by atoms with Gasteiger partial charge in [-0.15, -0.1) is 0 Å². The fourth-order valence-corrected chi connectivity index (χ4v) is 7.37. The van der Waals surface area contributed by atoms with E-state index in [9.17, 15) is 10.5 Å². The number of hydrogen-bond acceptors (Lipinski definition) is 2. The van der Waals surface area contributed by atoms with Crippen molar-refractivity contribution in [2.24, 2.45) is 0 Å². The Labute approximate surface area is 277 Å². The largest absolute Gasteiger partial charge is 0.309 e. The van der Waals surface area contributed by atoms with Crippen LogP contribution in [-0.4, -0.2) is 9.13 Å². The molecule has 0 saturated carbocycles. The summed E-state index contributed by atoms with van der Waals surface area (Å²) in [7, 11) is 0. The minimum Gasteiger partial charge on any atom is -0.309 e. The van der Waals surface area contributed by atoms with E-state index in [-0.39, 0.29) is 0 Å². The van der Waals surface area contributed by atoms with Crippen molar-refractivity contribution in [2.45, 2.75) is 0 Å². The van der Waals surface area contributed by atoms with Gasteiger partial charge in [-0.2, -0.15) is 10.5 Å². The maximum atomic E-state index is 9.81. The van der Waals surface area contributed by atoms with Crippen molar-refractivity contribution < 1.29 is 0 Å². The lowest BCUT2D eigenvalue weighted by Crippen LogP contribution is -1.98. The van der Waals surface area contributed by atoms with Gasteiger partial charge in [-0.05, 0) is 65.7 Å². The second-order valence-electron chi connectivity index (χ2n) is 12.0. The molecule has 0 amide bonds. The summed E-state index contributed by atoms with van der Waals surface area (Å²) in [6.45, 7) is 0. The predicted molar refractivity (Wildman–Crippen MR) is 195 cm³/mol. The monoisotopic (exact) mass is 610 g/mol. The molecule has 48 heavy (non-hydrogen) atoms. The molecule has 7 aromatic carbocycles. The van der Waals surface area contributed by atoms with Crippen molar-refractivity contribution in [1.82, 2.24) is 9.13 Å². The molecule has 9 aromatic rings. The summed E-state index contributed by atoms with van der Waals surface area (Å²) in [6, 6.07) is 59.0. The van der Waals surface area contributed by atoms with E-state index in [0.717, 1.165) is 66.5 Å². The van der Waals surface area contributed by atoms with Crippen LogP contribution in [-0.2, 0) is 0 Å². The Morgan fingerprint density at radius 2 is 0.854 bits per heavy atom. The number of nitriles is 2. The average Bonchev–Trinajstić information content (AvgIpc) is 3.68. The maximum Gasteiger partial charge on any atom is 0.0992 e. The molecule has 0 aliphatic carbocycles. The van der Waals surface area contributed by atoms with Gasteiger partial charge in [0.25, 0.3) is 0 Å². The molecule has 0 unspecified atom stereocenters. The van der Waals surface area contributed by atoms with Crippen molar-refractivity contribution in [3.8, 4) is 45.8 Å². The van der Waals surface area contributed by atoms with Gasteiger partial charge in [0.15, 0.2) is 0 Å². The van der Waals surface area contributed by atoms with E-state index in [1.807, 2.05) is 42.5 Å². The Kier molecular flexibility index (Phi) is 6.22. The van der Waals surface area contributed by atoms with Crippen LogP contribution in [0.5, 0.6) is 0 Å². The first kappa shape index (κ1) is 27.4. The van der Waals surface area contributed by atoms with Crippen LogP contribution < -0.4 is 0 Å². The number of rotatable bonds is 4. The smallest absolute Gasteiger partial charge is 0.0992 e. The lowest BCUT2D eigenvalue weighted by atomic mass is 9.92. The first-order valence-electron chi connectivity index (χ1n) is 15.9. The summed E-state index contributed by atoms with van der Waals surface area (Å²) in [4.78, 5) is 0. The first-order valence-corrected chi connectivity index (χ1v) is 15.9. The molecule has 0 N–H and O–H groups in total. The van der Waals surface area contributed by atoms with E-state index in [1.165, 1.54) is 10.8 Å². The number of aromatic nitrogens is 2. The van der Waals surface area contributed by atoms with Crippen LogP contribution in [0.1, 0.15) is 11.1 Å². The molecule has 0 bridgehead atoms. The summed E-state index contributed by atoms with van der Waals surface area (Å²) in [5.74, 6) is 0. The van der Waals surface area contributed by atoms with Crippen LogP contribution in [0.15, 0.2) is 158 Å². The molecule has 0 atom stereocenters. The van der Waals surface area contributed by atoms with E-state index < -0.39 is 0 Å². The molecule has 0 aliphatic heterocycles. The van der Waals surface area contributed by atoms with Crippen molar-refractivity contribution in [3.05, 3.63) is 169 Å². The molecule has 222 valence electrons. The first-order chi connectivity index (χ1) is 23.7. The molecule has 9 rings (SSSR count). The summed E-state index contributed by atoms with van der Waals surface area (Å²) >= 11 is 0. The molecule has 4 heteroatoms. The van der Waals surface area contributed by atoms with Gasteiger partial charge in [0, 0.05) is 44.0 Å². The standard InChI is InChI=1S/C44H26N4/c45-27-29-11-8-14-32(25-29)48-42-24-23-30(28-46)26-40(42)39-21-10-19-37(44(39)48)34-16-5-4-15-33(34)36-18-9-20-38-35-17-6-7-22-41(35)47(43(36)38)31-12-2-1-3-13-31/h1-26H. The molecule has 0 radical (unpaired) electrons. The Bertz CT molecular complexity index is 2800. The van der Waals surface area contributed by atoms with E-state index in [1.54, 1.807) is 0 Å². The molecular weight excluding hydrogens is 585 g/mol. The SMILES string of the molecule is N#Cc1cccc(-n2c3ccc(C#N)cc3c3cccc(-c4ccccc4-c4cccc5c6ccccc6n(-c6ccccc6)c45)c32)c1. The van der Waals surface area contributed by atoms with E-state index in [2.05, 4.69) is 137 Å². The highest BCUT2D eigenvalue weighted by Crippen LogP contribution is 2.44. The molecular formula is C44H26N4. The Morgan fingerprint density at radius 1 is 0.354 bits per heavy atom. The second-order valence-corrected chi connectivity index (χ2v) is 12.0. The Morgan fingerprint density at radius 3 is 1.56 bits per heavy atom. The maximum absolute atomic E-state index is 9.81. The quantitative estimate of drug-likeness (QED) is 0.199. The summed E-state index contributed by atoms with van der Waals surface area (Å²) in [6.07, 6.45) is 0. The predicted octanol–water partition coefficient (Wildman–Crippen LogP) is 11.0. The molecule has 0 spiro atoms. The number of benzene rings is 7. The highest BCUT2D eigenvalue weighted by Gasteiger charge is 2.21. The van der Waals surface area contributed by atoms with Crippen molar-refractivity contribution in [2.75, 3.05) is 0 Å². The minimum absolute atomic E-state index is 0.592. The van der Waals surface area contributed by atoms with Crippen LogP contribution in [0.3, 0.4) is 0 Å². The molecule has 0 fully saturated rings. The fourth-order valence-electron chi connectivity index (χ4n) is 7.37. The van der Waals surface area contributed by atoms with Crippen molar-refractivity contribution in [1.29, 1.82) is 10.5 Å². The number of fused-ring (bicyclic) bond motifs is 6. The molecule has 0 aliphatic rings. The van der Waals surface area contributed by atoms with Gasteiger partial charge >= 0.3 is 0 Å². The van der Waals surface area contributed by atoms with Gasteiger partial charge in [-0.1, -0.05) is 103 Å². The third kappa shape index (κ3) is 4.07. The zero-order chi connectivity index (χ0) is 32.2. The number of hydrogen-bond donors (Lipinski definition) is 0. The van der Waals surface area contributed by atoms with Gasteiger partial charge in [-0.25, -0.2) is 0 Å². The van der Waals surface area contributed by atoms with Crippen LogP contribution in [0, 0.1) is 22.7 Å². The molecule has 2 aromatic heterocycles. The average molecular weight is 611 g/mol. The van der Waals surface area contributed by atoms with Crippen LogP contribution >= 0.6 is 0 Å². The molecule has 4 nitrogen and oxygen atoms in total. The summed E-state index contributed by atoms with van der Waals surface area (Å²) in [5.41, 5.74) is 12.0. The van der Waals surface area contributed by atoms with E-state index >= 15 is 0 Å². The third-order valence-electron chi connectivity index (χ3n) is 9.37. The number of nitrogens with zero attached hydrogens (tertiary/aromatic N) is 4. The molecule has 2 heterocycles. The van der Waals surface area contributed by atoms with Gasteiger partial charge in [0.05, 0.1) is 45.3 Å². The fraction of sp³-hybridized carbons (Fsp3) is 0. The van der Waals surface area contributed by atoms with Gasteiger partial charge < -0.3 is 9.13 Å². The normalized spacial score (nSPS) is 11.3. The van der Waals surface area contributed by atoms with Gasteiger partial charge in [0.2, 0.25) is 0 Å². The highest BCUT2D eigenvalue weighted by molar-refractivity contribution is 6.17. The lowest BCUT2D eigenvalue weighted by molar-refractivity contribution is 1.18. The van der Waals surface area contributed by atoms with Crippen molar-refractivity contribution >= 4 is 43.6 Å². The van der Waals surface area contributed by atoms with E-state index in [4.69, 9.17) is 0 Å². The minimum atomic E-state index is 0.592.